The van der Waals surface area contributed by atoms with Crippen molar-refractivity contribution in [2.24, 2.45) is 0 Å². The molecule has 0 aromatic carbocycles. The van der Waals surface area contributed by atoms with Crippen molar-refractivity contribution in [3.8, 4) is 0 Å². The molecule has 5 heteroatoms. The highest BCUT2D eigenvalue weighted by atomic mass is 35.5. The molecule has 0 spiro atoms. The second-order valence-electron chi connectivity index (χ2n) is 5.75. The van der Waals surface area contributed by atoms with Gasteiger partial charge < -0.3 is 9.47 Å². The molecule has 1 fully saturated rings. The van der Waals surface area contributed by atoms with E-state index in [-0.39, 0.29) is 0 Å². The number of halogens is 1. The summed E-state index contributed by atoms with van der Waals surface area (Å²) in [6.45, 7) is 4.30. The number of likely N-dealkylation sites (N-methyl/N-ethyl adjacent to an activating group) is 1. The Labute approximate surface area is 124 Å². The normalized spacial score (nSPS) is 20.6. The first kappa shape index (κ1) is 13.8. The monoisotopic (exact) mass is 292 g/mol. The van der Waals surface area contributed by atoms with Crippen molar-refractivity contribution in [3.05, 3.63) is 23.7 Å². The van der Waals surface area contributed by atoms with Crippen LogP contribution in [0.5, 0.6) is 0 Å². The topological polar surface area (TPSA) is 34.0 Å². The summed E-state index contributed by atoms with van der Waals surface area (Å²) in [5.41, 5.74) is 3.16. The Morgan fingerprint density at radius 1 is 1.45 bits per heavy atom. The zero-order valence-corrected chi connectivity index (χ0v) is 12.9. The second-order valence-corrected chi connectivity index (χ2v) is 6.13. The van der Waals surface area contributed by atoms with Gasteiger partial charge in [0.1, 0.15) is 11.3 Å². The maximum absolute atomic E-state index is 5.95. The summed E-state index contributed by atoms with van der Waals surface area (Å²) in [4.78, 5) is 11.8. The third-order valence-corrected chi connectivity index (χ3v) is 4.21. The maximum atomic E-state index is 5.95. The van der Waals surface area contributed by atoms with E-state index in [0.717, 1.165) is 35.5 Å². The summed E-state index contributed by atoms with van der Waals surface area (Å²) < 4.78 is 2.33. The Morgan fingerprint density at radius 2 is 2.30 bits per heavy atom. The van der Waals surface area contributed by atoms with E-state index in [9.17, 15) is 0 Å². The molecule has 2 aromatic heterocycles. The summed E-state index contributed by atoms with van der Waals surface area (Å²) in [5, 5.41) is 0. The molecule has 1 atom stereocenters. The molecule has 108 valence electrons. The van der Waals surface area contributed by atoms with Crippen molar-refractivity contribution in [3.63, 3.8) is 0 Å². The van der Waals surface area contributed by atoms with Gasteiger partial charge in [0, 0.05) is 31.1 Å². The summed E-state index contributed by atoms with van der Waals surface area (Å²) in [5.74, 6) is 1.68. The largest absolute Gasteiger partial charge is 0.308 e. The van der Waals surface area contributed by atoms with Crippen LogP contribution < -0.4 is 0 Å². The van der Waals surface area contributed by atoms with Crippen molar-refractivity contribution in [1.82, 2.24) is 19.4 Å². The van der Waals surface area contributed by atoms with E-state index in [1.807, 2.05) is 6.20 Å². The Bertz CT molecular complexity index is 607. The molecule has 0 amide bonds. The number of hydrogen-bond donors (Lipinski definition) is 0. The number of alkyl halides is 1. The van der Waals surface area contributed by atoms with E-state index >= 15 is 0 Å². The van der Waals surface area contributed by atoms with E-state index in [0.29, 0.717) is 11.9 Å². The molecule has 3 heterocycles. The van der Waals surface area contributed by atoms with Crippen molar-refractivity contribution >= 4 is 22.8 Å². The van der Waals surface area contributed by atoms with Gasteiger partial charge in [0.05, 0.1) is 0 Å². The number of nitrogens with zero attached hydrogens (tertiary/aromatic N) is 4. The van der Waals surface area contributed by atoms with Crippen LogP contribution in [0, 0.1) is 6.92 Å². The minimum atomic E-state index is 0.465. The lowest BCUT2D eigenvalue weighted by atomic mass is 10.1. The maximum Gasteiger partial charge on any atom is 0.160 e. The zero-order chi connectivity index (χ0) is 14.1. The minimum Gasteiger partial charge on any atom is -0.308 e. The Hall–Kier alpha value is -1.13. The van der Waals surface area contributed by atoms with Gasteiger partial charge in [0.2, 0.25) is 0 Å². The van der Waals surface area contributed by atoms with Gasteiger partial charge in [-0.25, -0.2) is 9.97 Å². The highest BCUT2D eigenvalue weighted by molar-refractivity contribution is 6.17. The van der Waals surface area contributed by atoms with Crippen LogP contribution in [-0.2, 0) is 6.42 Å². The van der Waals surface area contributed by atoms with Gasteiger partial charge in [0.15, 0.2) is 5.65 Å². The number of pyridine rings is 1. The second kappa shape index (κ2) is 5.70. The number of rotatable bonds is 3. The molecule has 2 aromatic rings. The third-order valence-electron chi connectivity index (χ3n) is 4.02. The zero-order valence-electron chi connectivity index (χ0n) is 12.1. The average Bonchev–Trinajstić information content (AvgIpc) is 2.76. The van der Waals surface area contributed by atoms with E-state index in [1.54, 1.807) is 0 Å². The highest BCUT2D eigenvalue weighted by Gasteiger charge is 2.24. The average molecular weight is 293 g/mol. The Kier molecular flexibility index (Phi) is 3.94. The molecule has 0 saturated carbocycles. The number of imidazole rings is 1. The molecular weight excluding hydrogens is 272 g/mol. The number of hydrogen-bond acceptors (Lipinski definition) is 3. The molecule has 1 aliphatic heterocycles. The molecule has 1 saturated heterocycles. The Morgan fingerprint density at radius 3 is 3.05 bits per heavy atom. The van der Waals surface area contributed by atoms with Crippen LogP contribution in [0.3, 0.4) is 0 Å². The first-order chi connectivity index (χ1) is 9.69. The molecule has 1 unspecified atom stereocenters. The fourth-order valence-electron chi connectivity index (χ4n) is 3.12. The highest BCUT2D eigenvalue weighted by Crippen LogP contribution is 2.27. The van der Waals surface area contributed by atoms with Crippen molar-refractivity contribution in [2.45, 2.75) is 32.2 Å². The summed E-state index contributed by atoms with van der Waals surface area (Å²) in [7, 11) is 2.18. The van der Waals surface area contributed by atoms with Crippen molar-refractivity contribution < 1.29 is 0 Å². The van der Waals surface area contributed by atoms with E-state index in [2.05, 4.69) is 34.5 Å². The lowest BCUT2D eigenvalue weighted by Gasteiger charge is -2.31. The molecule has 0 bridgehead atoms. The van der Waals surface area contributed by atoms with Crippen LogP contribution in [0.15, 0.2) is 12.3 Å². The molecule has 0 N–H and O–H groups in total. The quantitative estimate of drug-likeness (QED) is 0.816. The van der Waals surface area contributed by atoms with Crippen LogP contribution in [-0.4, -0.2) is 45.5 Å². The molecule has 0 aliphatic carbocycles. The lowest BCUT2D eigenvalue weighted by molar-refractivity contribution is 0.212. The van der Waals surface area contributed by atoms with Crippen LogP contribution in [0.25, 0.3) is 11.2 Å². The Balaban J connectivity index is 2.08. The smallest absolute Gasteiger partial charge is 0.160 e. The predicted molar refractivity (Wildman–Crippen MR) is 82.5 cm³/mol. The van der Waals surface area contributed by atoms with Gasteiger partial charge in [-0.2, -0.15) is 0 Å². The van der Waals surface area contributed by atoms with Crippen LogP contribution in [0.2, 0.25) is 0 Å². The van der Waals surface area contributed by atoms with Gasteiger partial charge >= 0.3 is 0 Å². The standard InChI is InChI=1S/C15H21ClN4/c1-11-8-13-15(17-9-11)20(14(18-13)5-6-16)12-4-3-7-19(2)10-12/h8-9,12H,3-7,10H2,1-2H3. The number of piperidine rings is 1. The molecular formula is C15H21ClN4. The first-order valence-electron chi connectivity index (χ1n) is 7.27. The number of fused-ring (bicyclic) bond motifs is 1. The van der Waals surface area contributed by atoms with Crippen LogP contribution >= 0.6 is 11.6 Å². The molecule has 3 rings (SSSR count). The van der Waals surface area contributed by atoms with Gasteiger partial charge in [-0.05, 0) is 45.0 Å². The van der Waals surface area contributed by atoms with Gasteiger partial charge in [0.25, 0.3) is 0 Å². The summed E-state index contributed by atoms with van der Waals surface area (Å²) >= 11 is 5.95. The van der Waals surface area contributed by atoms with Crippen LogP contribution in [0.4, 0.5) is 0 Å². The summed E-state index contributed by atoms with van der Waals surface area (Å²) in [6, 6.07) is 2.58. The first-order valence-corrected chi connectivity index (χ1v) is 7.80. The van der Waals surface area contributed by atoms with E-state index in [1.165, 1.54) is 19.4 Å². The number of likely N-dealkylation sites (tertiary alicyclic amines) is 1. The molecule has 0 radical (unpaired) electrons. The number of aromatic nitrogens is 3. The third kappa shape index (κ3) is 2.54. The minimum absolute atomic E-state index is 0.465. The van der Waals surface area contributed by atoms with Gasteiger partial charge in [-0.3, -0.25) is 0 Å². The van der Waals surface area contributed by atoms with Crippen LogP contribution in [0.1, 0.15) is 30.3 Å². The fraction of sp³-hybridized carbons (Fsp3) is 0.600. The van der Waals surface area contributed by atoms with Crippen molar-refractivity contribution in [2.75, 3.05) is 26.0 Å². The molecule has 1 aliphatic rings. The number of aryl methyl sites for hydroxylation is 2. The molecule has 20 heavy (non-hydrogen) atoms. The van der Waals surface area contributed by atoms with E-state index < -0.39 is 0 Å². The summed E-state index contributed by atoms with van der Waals surface area (Å²) in [6.07, 6.45) is 5.16. The lowest BCUT2D eigenvalue weighted by Crippen LogP contribution is -2.34. The van der Waals surface area contributed by atoms with Gasteiger partial charge in [-0.1, -0.05) is 0 Å². The molecule has 4 nitrogen and oxygen atoms in total. The SMILES string of the molecule is Cc1cnc2c(c1)nc(CCCl)n2C1CCCN(C)C1. The van der Waals surface area contributed by atoms with Gasteiger partial charge in [-0.15, -0.1) is 11.6 Å². The van der Waals surface area contributed by atoms with Crippen molar-refractivity contribution in [1.29, 1.82) is 0 Å². The fourth-order valence-corrected chi connectivity index (χ4v) is 3.29. The predicted octanol–water partition coefficient (Wildman–Crippen LogP) is 2.79. The van der Waals surface area contributed by atoms with E-state index in [4.69, 9.17) is 16.6 Å².